The van der Waals surface area contributed by atoms with Gasteiger partial charge in [-0.2, -0.15) is 13.2 Å². The monoisotopic (exact) mass is 309 g/mol. The molecule has 2 aromatic rings. The predicted octanol–water partition coefficient (Wildman–Crippen LogP) is 4.67. The summed E-state index contributed by atoms with van der Waals surface area (Å²) >= 11 is 0. The number of halogens is 3. The minimum atomic E-state index is -4.30. The van der Waals surface area contributed by atoms with Crippen molar-refractivity contribution in [2.24, 2.45) is 0 Å². The molecule has 0 fully saturated rings. The van der Waals surface area contributed by atoms with Gasteiger partial charge < -0.3 is 10.1 Å². The first-order valence-corrected chi connectivity index (χ1v) is 7.00. The fourth-order valence-corrected chi connectivity index (χ4v) is 2.16. The Hall–Kier alpha value is -2.17. The van der Waals surface area contributed by atoms with E-state index in [-0.39, 0.29) is 6.42 Å². The molecule has 22 heavy (non-hydrogen) atoms. The second kappa shape index (κ2) is 7.20. The fraction of sp³-hybridized carbons (Fsp3) is 0.294. The molecule has 0 amide bonds. The molecule has 2 nitrogen and oxygen atoms in total. The molecule has 2 rings (SSSR count). The van der Waals surface area contributed by atoms with Crippen LogP contribution in [0.4, 0.5) is 18.9 Å². The highest BCUT2D eigenvalue weighted by atomic mass is 19.4. The number of hydrogen-bond acceptors (Lipinski definition) is 2. The third-order valence-electron chi connectivity index (χ3n) is 3.39. The summed E-state index contributed by atoms with van der Waals surface area (Å²) in [6, 6.07) is 14.0. The maximum atomic E-state index is 13.2. The number of rotatable bonds is 6. The molecule has 0 aliphatic heterocycles. The number of nitrogens with one attached hydrogen (secondary N) is 1. The van der Waals surface area contributed by atoms with Gasteiger partial charge in [0.05, 0.1) is 7.11 Å². The highest BCUT2D eigenvalue weighted by Gasteiger charge is 2.39. The topological polar surface area (TPSA) is 21.3 Å². The molecule has 0 spiro atoms. The molecule has 5 heteroatoms. The normalized spacial score (nSPS) is 12.7. The average molecular weight is 309 g/mol. The molecular formula is C17H18F3NO. The van der Waals surface area contributed by atoms with Gasteiger partial charge in [0.15, 0.2) is 0 Å². The highest BCUT2D eigenvalue weighted by molar-refractivity contribution is 5.47. The van der Waals surface area contributed by atoms with Crippen LogP contribution in [0.1, 0.15) is 12.0 Å². The summed E-state index contributed by atoms with van der Waals surface area (Å²) in [4.78, 5) is 0. The third-order valence-corrected chi connectivity index (χ3v) is 3.39. The number of aryl methyl sites for hydroxylation is 1. The molecule has 0 saturated carbocycles. The molecule has 0 aliphatic rings. The van der Waals surface area contributed by atoms with Gasteiger partial charge in [-0.05, 0) is 42.7 Å². The van der Waals surface area contributed by atoms with Crippen molar-refractivity contribution in [1.82, 2.24) is 0 Å². The van der Waals surface area contributed by atoms with Gasteiger partial charge in [0.2, 0.25) is 0 Å². The summed E-state index contributed by atoms with van der Waals surface area (Å²) in [7, 11) is 1.51. The van der Waals surface area contributed by atoms with Crippen LogP contribution in [0.25, 0.3) is 0 Å². The molecule has 1 atom stereocenters. The Labute approximate surface area is 127 Å². The molecule has 0 heterocycles. The highest BCUT2D eigenvalue weighted by Crippen LogP contribution is 2.27. The van der Waals surface area contributed by atoms with Crippen molar-refractivity contribution in [3.8, 4) is 5.75 Å². The molecule has 118 valence electrons. The Morgan fingerprint density at radius 2 is 1.64 bits per heavy atom. The first kappa shape index (κ1) is 16.2. The number of hydrogen-bond donors (Lipinski definition) is 1. The molecule has 2 aromatic carbocycles. The van der Waals surface area contributed by atoms with Crippen LogP contribution in [-0.4, -0.2) is 19.3 Å². The van der Waals surface area contributed by atoms with E-state index in [1.165, 1.54) is 7.11 Å². The summed E-state index contributed by atoms with van der Waals surface area (Å²) in [5, 5.41) is 2.56. The standard InChI is InChI=1S/C17H18F3NO/c1-22-15-10-8-14(9-11-15)21-16(17(18,19)20)12-7-13-5-3-2-4-6-13/h2-6,8-11,16,21H,7,12H2,1H3/t16-/m1/s1. The molecule has 0 aliphatic carbocycles. The molecule has 0 aromatic heterocycles. The van der Waals surface area contributed by atoms with E-state index in [4.69, 9.17) is 4.74 Å². The van der Waals surface area contributed by atoms with Crippen molar-refractivity contribution in [3.63, 3.8) is 0 Å². The number of ether oxygens (including phenoxy) is 1. The van der Waals surface area contributed by atoms with E-state index < -0.39 is 12.2 Å². The lowest BCUT2D eigenvalue weighted by Crippen LogP contribution is -2.36. The Morgan fingerprint density at radius 3 is 2.18 bits per heavy atom. The lowest BCUT2D eigenvalue weighted by Gasteiger charge is -2.23. The minimum Gasteiger partial charge on any atom is -0.497 e. The SMILES string of the molecule is COc1ccc(N[C@H](CCc2ccccc2)C(F)(F)F)cc1. The minimum absolute atomic E-state index is 0.0143. The van der Waals surface area contributed by atoms with E-state index in [2.05, 4.69) is 5.32 Å². The van der Waals surface area contributed by atoms with Crippen molar-refractivity contribution in [1.29, 1.82) is 0 Å². The van der Waals surface area contributed by atoms with E-state index in [1.54, 1.807) is 24.3 Å². The first-order chi connectivity index (χ1) is 10.5. The first-order valence-electron chi connectivity index (χ1n) is 7.00. The van der Waals surface area contributed by atoms with Crippen molar-refractivity contribution < 1.29 is 17.9 Å². The molecule has 0 radical (unpaired) electrons. The predicted molar refractivity (Wildman–Crippen MR) is 81.2 cm³/mol. The average Bonchev–Trinajstić information content (AvgIpc) is 2.52. The molecular weight excluding hydrogens is 291 g/mol. The van der Waals surface area contributed by atoms with Crippen LogP contribution >= 0.6 is 0 Å². The van der Waals surface area contributed by atoms with E-state index in [0.717, 1.165) is 5.56 Å². The zero-order chi connectivity index (χ0) is 16.0. The lowest BCUT2D eigenvalue weighted by atomic mass is 10.0. The van der Waals surface area contributed by atoms with Crippen molar-refractivity contribution in [3.05, 3.63) is 60.2 Å². The third kappa shape index (κ3) is 4.69. The maximum Gasteiger partial charge on any atom is 0.408 e. The van der Waals surface area contributed by atoms with Gasteiger partial charge in [-0.1, -0.05) is 30.3 Å². The summed E-state index contributed by atoms with van der Waals surface area (Å²) in [6.45, 7) is 0. The summed E-state index contributed by atoms with van der Waals surface area (Å²) in [5.74, 6) is 0.610. The Morgan fingerprint density at radius 1 is 1.00 bits per heavy atom. The van der Waals surface area contributed by atoms with E-state index in [0.29, 0.717) is 17.9 Å². The summed E-state index contributed by atoms with van der Waals surface area (Å²) < 4.78 is 44.5. The van der Waals surface area contributed by atoms with E-state index in [9.17, 15) is 13.2 Å². The van der Waals surface area contributed by atoms with E-state index >= 15 is 0 Å². The lowest BCUT2D eigenvalue weighted by molar-refractivity contribution is -0.143. The van der Waals surface area contributed by atoms with Gasteiger partial charge in [0.1, 0.15) is 11.8 Å². The number of anilines is 1. The van der Waals surface area contributed by atoms with Crippen LogP contribution in [-0.2, 0) is 6.42 Å². The van der Waals surface area contributed by atoms with Crippen molar-refractivity contribution >= 4 is 5.69 Å². The summed E-state index contributed by atoms with van der Waals surface area (Å²) in [5.41, 5.74) is 1.32. The van der Waals surface area contributed by atoms with E-state index in [1.807, 2.05) is 30.3 Å². The van der Waals surface area contributed by atoms with Crippen LogP contribution in [0, 0.1) is 0 Å². The van der Waals surface area contributed by atoms with Gasteiger partial charge in [-0.15, -0.1) is 0 Å². The van der Waals surface area contributed by atoms with Crippen LogP contribution in [0.2, 0.25) is 0 Å². The van der Waals surface area contributed by atoms with Crippen LogP contribution in [0.5, 0.6) is 5.75 Å². The summed E-state index contributed by atoms with van der Waals surface area (Å²) in [6.07, 6.45) is -3.94. The smallest absolute Gasteiger partial charge is 0.408 e. The molecule has 0 unspecified atom stereocenters. The van der Waals surface area contributed by atoms with Crippen molar-refractivity contribution in [2.75, 3.05) is 12.4 Å². The number of methoxy groups -OCH3 is 1. The number of alkyl halides is 3. The zero-order valence-corrected chi connectivity index (χ0v) is 12.2. The second-order valence-electron chi connectivity index (χ2n) is 4.99. The van der Waals surface area contributed by atoms with Crippen LogP contribution in [0.15, 0.2) is 54.6 Å². The zero-order valence-electron chi connectivity index (χ0n) is 12.2. The maximum absolute atomic E-state index is 13.2. The fourth-order valence-electron chi connectivity index (χ4n) is 2.16. The van der Waals surface area contributed by atoms with Gasteiger partial charge in [-0.3, -0.25) is 0 Å². The molecule has 0 saturated heterocycles. The van der Waals surface area contributed by atoms with Gasteiger partial charge in [0.25, 0.3) is 0 Å². The Bertz CT molecular complexity index is 567. The van der Waals surface area contributed by atoms with Crippen LogP contribution < -0.4 is 10.1 Å². The quantitative estimate of drug-likeness (QED) is 0.837. The Balaban J connectivity index is 2.02. The van der Waals surface area contributed by atoms with Gasteiger partial charge >= 0.3 is 6.18 Å². The second-order valence-corrected chi connectivity index (χ2v) is 4.99. The largest absolute Gasteiger partial charge is 0.497 e. The van der Waals surface area contributed by atoms with Gasteiger partial charge in [0, 0.05) is 5.69 Å². The van der Waals surface area contributed by atoms with Gasteiger partial charge in [-0.25, -0.2) is 0 Å². The number of benzene rings is 2. The van der Waals surface area contributed by atoms with Crippen molar-refractivity contribution in [2.45, 2.75) is 25.1 Å². The molecule has 1 N–H and O–H groups in total. The Kier molecular flexibility index (Phi) is 5.31. The van der Waals surface area contributed by atoms with Crippen LogP contribution in [0.3, 0.4) is 0 Å². The molecule has 0 bridgehead atoms.